The van der Waals surface area contributed by atoms with Gasteiger partial charge in [0.15, 0.2) is 0 Å². The van der Waals surface area contributed by atoms with Crippen LogP contribution < -0.4 is 5.32 Å². The molecule has 0 bridgehead atoms. The summed E-state index contributed by atoms with van der Waals surface area (Å²) in [6.07, 6.45) is 2.64. The lowest BCUT2D eigenvalue weighted by atomic mass is 9.64. The summed E-state index contributed by atoms with van der Waals surface area (Å²) in [5, 5.41) is 12.7. The third kappa shape index (κ3) is 3.17. The highest BCUT2D eigenvalue weighted by molar-refractivity contribution is 6.30. The van der Waals surface area contributed by atoms with Crippen LogP contribution in [0.2, 0.25) is 5.02 Å². The van der Waals surface area contributed by atoms with Crippen molar-refractivity contribution in [3.8, 4) is 0 Å². The van der Waals surface area contributed by atoms with Crippen LogP contribution in [0.3, 0.4) is 0 Å². The summed E-state index contributed by atoms with van der Waals surface area (Å²) in [5.41, 5.74) is 1.48. The Labute approximate surface area is 145 Å². The largest absolute Gasteiger partial charge is 0.392 e. The molecule has 0 aromatic heterocycles. The topological polar surface area (TPSA) is 49.3 Å². The fourth-order valence-electron chi connectivity index (χ4n) is 3.16. The minimum absolute atomic E-state index is 0.0223. The molecule has 0 atom stereocenters. The third-order valence-corrected chi connectivity index (χ3v) is 5.02. The predicted molar refractivity (Wildman–Crippen MR) is 91.2 cm³/mol. The lowest BCUT2D eigenvalue weighted by Gasteiger charge is -2.40. The Bertz CT molecular complexity index is 742. The van der Waals surface area contributed by atoms with E-state index in [2.05, 4.69) is 5.32 Å². The first-order valence-electron chi connectivity index (χ1n) is 7.98. The van der Waals surface area contributed by atoms with Gasteiger partial charge in [0.2, 0.25) is 5.91 Å². The smallest absolute Gasteiger partial charge is 0.230 e. The summed E-state index contributed by atoms with van der Waals surface area (Å²) >= 11 is 5.93. The van der Waals surface area contributed by atoms with Gasteiger partial charge < -0.3 is 10.4 Å². The predicted octanol–water partition coefficient (Wildman–Crippen LogP) is 3.71. The highest BCUT2D eigenvalue weighted by atomic mass is 35.5. The van der Waals surface area contributed by atoms with Crippen LogP contribution in [-0.4, -0.2) is 11.0 Å². The molecule has 3 nitrogen and oxygen atoms in total. The molecule has 1 aliphatic carbocycles. The second kappa shape index (κ2) is 6.91. The van der Waals surface area contributed by atoms with E-state index in [-0.39, 0.29) is 18.1 Å². The van der Waals surface area contributed by atoms with Crippen LogP contribution in [0.25, 0.3) is 0 Å². The van der Waals surface area contributed by atoms with E-state index in [1.54, 1.807) is 24.3 Å². The number of carbonyl (C=O) groups excluding carboxylic acids is 1. The Balaban J connectivity index is 1.72. The van der Waals surface area contributed by atoms with Crippen LogP contribution in [0.4, 0.5) is 4.39 Å². The van der Waals surface area contributed by atoms with Crippen LogP contribution in [0.1, 0.15) is 36.0 Å². The molecule has 0 spiro atoms. The zero-order valence-electron chi connectivity index (χ0n) is 13.2. The van der Waals surface area contributed by atoms with E-state index in [0.29, 0.717) is 11.6 Å². The second-order valence-electron chi connectivity index (χ2n) is 6.21. The molecule has 0 heterocycles. The Morgan fingerprint density at radius 3 is 2.50 bits per heavy atom. The number of benzene rings is 2. The highest BCUT2D eigenvalue weighted by Crippen LogP contribution is 2.44. The average molecular weight is 348 g/mol. The molecule has 0 saturated heterocycles. The van der Waals surface area contributed by atoms with Crippen molar-refractivity contribution in [3.05, 3.63) is 70.0 Å². The number of nitrogens with one attached hydrogen (secondary N) is 1. The maximum atomic E-state index is 13.4. The molecule has 1 saturated carbocycles. The lowest BCUT2D eigenvalue weighted by molar-refractivity contribution is -0.130. The summed E-state index contributed by atoms with van der Waals surface area (Å²) in [7, 11) is 0. The Morgan fingerprint density at radius 1 is 1.21 bits per heavy atom. The number of carbonyl (C=O) groups is 1. The Morgan fingerprint density at radius 2 is 1.92 bits per heavy atom. The summed E-state index contributed by atoms with van der Waals surface area (Å²) in [6, 6.07) is 11.9. The van der Waals surface area contributed by atoms with Crippen molar-refractivity contribution in [3.63, 3.8) is 0 Å². The zero-order chi connectivity index (χ0) is 17.2. The highest BCUT2D eigenvalue weighted by Gasteiger charge is 2.45. The molecular formula is C19H19ClFNO2. The van der Waals surface area contributed by atoms with Crippen molar-refractivity contribution in [2.45, 2.75) is 37.8 Å². The van der Waals surface area contributed by atoms with E-state index in [9.17, 15) is 9.18 Å². The van der Waals surface area contributed by atoms with Gasteiger partial charge in [0.05, 0.1) is 12.0 Å². The number of amides is 1. The minimum atomic E-state index is -0.496. The van der Waals surface area contributed by atoms with Crippen LogP contribution in [0.5, 0.6) is 0 Å². The number of hydrogen-bond donors (Lipinski definition) is 2. The summed E-state index contributed by atoms with van der Waals surface area (Å²) in [4.78, 5) is 12.8. The third-order valence-electron chi connectivity index (χ3n) is 4.77. The number of rotatable bonds is 5. The van der Waals surface area contributed by atoms with Gasteiger partial charge in [0.1, 0.15) is 5.82 Å². The molecule has 2 aromatic rings. The number of halogens is 2. The average Bonchev–Trinajstić information content (AvgIpc) is 2.55. The van der Waals surface area contributed by atoms with Crippen molar-refractivity contribution in [1.29, 1.82) is 0 Å². The molecule has 0 unspecified atom stereocenters. The van der Waals surface area contributed by atoms with Crippen LogP contribution in [0, 0.1) is 5.82 Å². The van der Waals surface area contributed by atoms with Crippen LogP contribution in [-0.2, 0) is 23.4 Å². The van der Waals surface area contributed by atoms with Crippen molar-refractivity contribution in [2.75, 3.05) is 0 Å². The molecule has 1 aliphatic rings. The number of aliphatic hydroxyl groups is 1. The van der Waals surface area contributed by atoms with Gasteiger partial charge in [0, 0.05) is 17.1 Å². The Kier molecular flexibility index (Phi) is 4.88. The van der Waals surface area contributed by atoms with Gasteiger partial charge >= 0.3 is 0 Å². The quantitative estimate of drug-likeness (QED) is 0.866. The molecule has 5 heteroatoms. The summed E-state index contributed by atoms with van der Waals surface area (Å²) < 4.78 is 13.4. The van der Waals surface area contributed by atoms with Crippen molar-refractivity contribution in [1.82, 2.24) is 5.32 Å². The monoisotopic (exact) mass is 347 g/mol. The first-order chi connectivity index (χ1) is 11.5. The van der Waals surface area contributed by atoms with Crippen LogP contribution in [0.15, 0.2) is 42.5 Å². The van der Waals surface area contributed by atoms with Gasteiger partial charge in [-0.15, -0.1) is 0 Å². The molecule has 2 aromatic carbocycles. The Hall–Kier alpha value is -1.91. The standard InChI is InChI=1S/C19H19ClFNO2/c20-16-5-3-15(4-6-16)19(8-1-9-19)18(24)22-11-13-2-7-17(21)14(10-13)12-23/h2-7,10,23H,1,8-9,11-12H2,(H,22,24). The van der Waals surface area contributed by atoms with Crippen molar-refractivity contribution in [2.24, 2.45) is 0 Å². The maximum absolute atomic E-state index is 13.4. The molecule has 3 rings (SSSR count). The van der Waals surface area contributed by atoms with Gasteiger partial charge in [-0.3, -0.25) is 4.79 Å². The van der Waals surface area contributed by atoms with Gasteiger partial charge in [-0.2, -0.15) is 0 Å². The van der Waals surface area contributed by atoms with E-state index in [0.717, 1.165) is 30.4 Å². The van der Waals surface area contributed by atoms with E-state index >= 15 is 0 Å². The number of aliphatic hydroxyl groups excluding tert-OH is 1. The molecule has 1 fully saturated rings. The summed E-state index contributed by atoms with van der Waals surface area (Å²) in [6.45, 7) is -0.0518. The first-order valence-corrected chi connectivity index (χ1v) is 8.35. The lowest BCUT2D eigenvalue weighted by Crippen LogP contribution is -2.48. The fourth-order valence-corrected chi connectivity index (χ4v) is 3.28. The van der Waals surface area contributed by atoms with E-state index in [1.807, 2.05) is 12.1 Å². The number of hydrogen-bond acceptors (Lipinski definition) is 2. The maximum Gasteiger partial charge on any atom is 0.230 e. The second-order valence-corrected chi connectivity index (χ2v) is 6.65. The zero-order valence-corrected chi connectivity index (χ0v) is 13.9. The fraction of sp³-hybridized carbons (Fsp3) is 0.316. The van der Waals surface area contributed by atoms with E-state index in [4.69, 9.17) is 16.7 Å². The minimum Gasteiger partial charge on any atom is -0.392 e. The SMILES string of the molecule is O=C(NCc1ccc(F)c(CO)c1)C1(c2ccc(Cl)cc2)CCC1. The normalized spacial score (nSPS) is 15.6. The summed E-state index contributed by atoms with van der Waals surface area (Å²) in [5.74, 6) is -0.463. The molecular weight excluding hydrogens is 329 g/mol. The van der Waals surface area contributed by atoms with Gasteiger partial charge in [0.25, 0.3) is 0 Å². The molecule has 0 aliphatic heterocycles. The molecule has 0 radical (unpaired) electrons. The van der Waals surface area contributed by atoms with Crippen LogP contribution >= 0.6 is 11.6 Å². The van der Waals surface area contributed by atoms with Gasteiger partial charge in [-0.1, -0.05) is 36.2 Å². The van der Waals surface area contributed by atoms with Gasteiger partial charge in [-0.25, -0.2) is 4.39 Å². The van der Waals surface area contributed by atoms with Gasteiger partial charge in [-0.05, 0) is 48.2 Å². The molecule has 24 heavy (non-hydrogen) atoms. The molecule has 1 amide bonds. The van der Waals surface area contributed by atoms with Crippen molar-refractivity contribution >= 4 is 17.5 Å². The first kappa shape index (κ1) is 16.9. The van der Waals surface area contributed by atoms with E-state index in [1.165, 1.54) is 6.07 Å². The molecule has 2 N–H and O–H groups in total. The van der Waals surface area contributed by atoms with E-state index < -0.39 is 11.2 Å². The molecule has 126 valence electrons. The van der Waals surface area contributed by atoms with Crippen molar-refractivity contribution < 1.29 is 14.3 Å².